The number of phenols is 1. The highest BCUT2D eigenvalue weighted by Crippen LogP contribution is 2.33. The summed E-state index contributed by atoms with van der Waals surface area (Å²) in [5.74, 6) is -0.790. The molecule has 0 aliphatic rings. The van der Waals surface area contributed by atoms with E-state index in [0.717, 1.165) is 16.1 Å². The second-order valence-electron chi connectivity index (χ2n) is 4.13. The second-order valence-corrected chi connectivity index (χ2v) is 4.98. The van der Waals surface area contributed by atoms with E-state index in [1.165, 1.54) is 12.1 Å². The van der Waals surface area contributed by atoms with Crippen molar-refractivity contribution in [3.05, 3.63) is 63.4 Å². The van der Waals surface area contributed by atoms with Gasteiger partial charge in [0.2, 0.25) is 0 Å². The molecule has 0 amide bonds. The van der Waals surface area contributed by atoms with Crippen LogP contribution in [0.2, 0.25) is 0 Å². The molecule has 0 spiro atoms. The Balaban J connectivity index is 2.44. The zero-order valence-electron chi connectivity index (χ0n) is 9.69. The van der Waals surface area contributed by atoms with Crippen molar-refractivity contribution in [1.29, 1.82) is 0 Å². The molecule has 18 heavy (non-hydrogen) atoms. The van der Waals surface area contributed by atoms with Crippen molar-refractivity contribution >= 4 is 15.9 Å². The Morgan fingerprint density at radius 1 is 1.11 bits per heavy atom. The molecule has 0 heterocycles. The lowest BCUT2D eigenvalue weighted by atomic mass is 10.00. The van der Waals surface area contributed by atoms with Crippen LogP contribution in [0.3, 0.4) is 0 Å². The van der Waals surface area contributed by atoms with Crippen LogP contribution in [0.15, 0.2) is 40.9 Å². The first-order chi connectivity index (χ1) is 8.49. The van der Waals surface area contributed by atoms with Gasteiger partial charge < -0.3 is 10.2 Å². The summed E-state index contributed by atoms with van der Waals surface area (Å²) in [4.78, 5) is 0. The minimum Gasteiger partial charge on any atom is -0.507 e. The Kier molecular flexibility index (Phi) is 3.68. The highest BCUT2D eigenvalue weighted by molar-refractivity contribution is 9.10. The van der Waals surface area contributed by atoms with Crippen LogP contribution >= 0.6 is 15.9 Å². The fourth-order valence-electron chi connectivity index (χ4n) is 1.77. The van der Waals surface area contributed by atoms with E-state index in [4.69, 9.17) is 0 Å². The lowest BCUT2D eigenvalue weighted by Gasteiger charge is -2.15. The molecule has 94 valence electrons. The summed E-state index contributed by atoms with van der Waals surface area (Å²) in [6.07, 6.45) is -0.999. The summed E-state index contributed by atoms with van der Waals surface area (Å²) in [6.45, 7) is 1.94. The van der Waals surface area contributed by atoms with Crippen LogP contribution < -0.4 is 0 Å². The molecule has 0 aliphatic carbocycles. The minimum atomic E-state index is -0.999. The SMILES string of the molecule is Cc1ccc(C(O)c2ccc(F)cc2O)c(Br)c1. The number of halogens is 2. The van der Waals surface area contributed by atoms with Crippen molar-refractivity contribution in [2.24, 2.45) is 0 Å². The van der Waals surface area contributed by atoms with Gasteiger partial charge in [-0.25, -0.2) is 4.39 Å². The molecule has 0 bridgehead atoms. The quantitative estimate of drug-likeness (QED) is 0.888. The van der Waals surface area contributed by atoms with Gasteiger partial charge in [-0.2, -0.15) is 0 Å². The van der Waals surface area contributed by atoms with Crippen molar-refractivity contribution < 1.29 is 14.6 Å². The molecular formula is C14H12BrFO2. The number of rotatable bonds is 2. The number of aliphatic hydroxyl groups excluding tert-OH is 1. The van der Waals surface area contributed by atoms with Gasteiger partial charge in [0.15, 0.2) is 0 Å². The molecule has 0 saturated carbocycles. The second kappa shape index (κ2) is 5.08. The van der Waals surface area contributed by atoms with Crippen LogP contribution in [-0.4, -0.2) is 10.2 Å². The third-order valence-corrected chi connectivity index (χ3v) is 3.42. The maximum atomic E-state index is 12.9. The number of hydrogen-bond donors (Lipinski definition) is 2. The van der Waals surface area contributed by atoms with E-state index in [1.54, 1.807) is 6.07 Å². The molecule has 0 saturated heterocycles. The number of hydrogen-bond acceptors (Lipinski definition) is 2. The average Bonchev–Trinajstić information content (AvgIpc) is 2.28. The highest BCUT2D eigenvalue weighted by atomic mass is 79.9. The van der Waals surface area contributed by atoms with Gasteiger partial charge in [0.05, 0.1) is 0 Å². The molecule has 2 aromatic rings. The number of aromatic hydroxyl groups is 1. The normalized spacial score (nSPS) is 12.4. The number of aliphatic hydroxyl groups is 1. The Labute approximate surface area is 113 Å². The highest BCUT2D eigenvalue weighted by Gasteiger charge is 2.17. The van der Waals surface area contributed by atoms with E-state index < -0.39 is 11.9 Å². The number of phenolic OH excluding ortho intramolecular Hbond substituents is 1. The van der Waals surface area contributed by atoms with Crippen LogP contribution in [0.1, 0.15) is 22.8 Å². The molecule has 2 rings (SSSR count). The van der Waals surface area contributed by atoms with Crippen LogP contribution in [0.4, 0.5) is 4.39 Å². The predicted molar refractivity (Wildman–Crippen MR) is 71.0 cm³/mol. The number of benzene rings is 2. The van der Waals surface area contributed by atoms with Crippen LogP contribution in [0.5, 0.6) is 5.75 Å². The number of aryl methyl sites for hydroxylation is 1. The molecule has 0 aromatic heterocycles. The van der Waals surface area contributed by atoms with Gasteiger partial charge in [0.25, 0.3) is 0 Å². The molecule has 4 heteroatoms. The van der Waals surface area contributed by atoms with Gasteiger partial charge in [0.1, 0.15) is 17.7 Å². The van der Waals surface area contributed by atoms with Gasteiger partial charge >= 0.3 is 0 Å². The molecule has 1 atom stereocenters. The fourth-order valence-corrected chi connectivity index (χ4v) is 2.48. The van der Waals surface area contributed by atoms with Crippen LogP contribution in [-0.2, 0) is 0 Å². The smallest absolute Gasteiger partial charge is 0.126 e. The summed E-state index contributed by atoms with van der Waals surface area (Å²) in [5.41, 5.74) is 1.96. The van der Waals surface area contributed by atoms with E-state index in [2.05, 4.69) is 15.9 Å². The van der Waals surface area contributed by atoms with Crippen LogP contribution in [0.25, 0.3) is 0 Å². The molecule has 2 nitrogen and oxygen atoms in total. The van der Waals surface area contributed by atoms with E-state index in [1.807, 2.05) is 19.1 Å². The summed E-state index contributed by atoms with van der Waals surface area (Å²) < 4.78 is 13.6. The van der Waals surface area contributed by atoms with E-state index in [9.17, 15) is 14.6 Å². The Bertz CT molecular complexity index is 533. The predicted octanol–water partition coefficient (Wildman–Crippen LogP) is 3.68. The molecule has 2 aromatic carbocycles. The monoisotopic (exact) mass is 310 g/mol. The molecule has 1 unspecified atom stereocenters. The maximum absolute atomic E-state index is 12.9. The summed E-state index contributed by atoms with van der Waals surface area (Å²) in [7, 11) is 0. The summed E-state index contributed by atoms with van der Waals surface area (Å²) in [5, 5.41) is 19.9. The Morgan fingerprint density at radius 3 is 2.39 bits per heavy atom. The lowest BCUT2D eigenvalue weighted by Crippen LogP contribution is -2.01. The zero-order chi connectivity index (χ0) is 13.3. The van der Waals surface area contributed by atoms with Gasteiger partial charge in [-0.05, 0) is 36.2 Å². The molecule has 0 aliphatic heterocycles. The van der Waals surface area contributed by atoms with Gasteiger partial charge in [-0.3, -0.25) is 0 Å². The van der Waals surface area contributed by atoms with Crippen molar-refractivity contribution in [2.45, 2.75) is 13.0 Å². The lowest BCUT2D eigenvalue weighted by molar-refractivity contribution is 0.214. The molecule has 0 radical (unpaired) electrons. The summed E-state index contributed by atoms with van der Waals surface area (Å²) >= 11 is 3.37. The summed E-state index contributed by atoms with van der Waals surface area (Å²) in [6, 6.07) is 9.08. The first kappa shape index (κ1) is 13.1. The van der Waals surface area contributed by atoms with E-state index in [-0.39, 0.29) is 11.3 Å². The minimum absolute atomic E-state index is 0.255. The zero-order valence-corrected chi connectivity index (χ0v) is 11.3. The van der Waals surface area contributed by atoms with Crippen molar-refractivity contribution in [3.63, 3.8) is 0 Å². The Morgan fingerprint density at radius 2 is 1.78 bits per heavy atom. The topological polar surface area (TPSA) is 40.5 Å². The first-order valence-corrected chi connectivity index (χ1v) is 6.21. The largest absolute Gasteiger partial charge is 0.507 e. The molecular weight excluding hydrogens is 299 g/mol. The van der Waals surface area contributed by atoms with Gasteiger partial charge in [-0.1, -0.05) is 28.1 Å². The van der Waals surface area contributed by atoms with Gasteiger partial charge in [-0.15, -0.1) is 0 Å². The fraction of sp³-hybridized carbons (Fsp3) is 0.143. The van der Waals surface area contributed by atoms with Gasteiger partial charge in [0, 0.05) is 16.1 Å². The standard InChI is InChI=1S/C14H12BrFO2/c1-8-2-4-10(12(15)6-8)14(18)11-5-3-9(16)7-13(11)17/h2-7,14,17-18H,1H3. The average molecular weight is 311 g/mol. The molecule has 2 N–H and O–H groups in total. The van der Waals surface area contributed by atoms with E-state index in [0.29, 0.717) is 5.56 Å². The molecule has 0 fully saturated rings. The Hall–Kier alpha value is -1.39. The van der Waals surface area contributed by atoms with E-state index >= 15 is 0 Å². The van der Waals surface area contributed by atoms with Crippen molar-refractivity contribution in [3.8, 4) is 5.75 Å². The van der Waals surface area contributed by atoms with Crippen molar-refractivity contribution in [2.75, 3.05) is 0 Å². The maximum Gasteiger partial charge on any atom is 0.126 e. The third kappa shape index (κ3) is 2.54. The van der Waals surface area contributed by atoms with Crippen LogP contribution in [0, 0.1) is 12.7 Å². The van der Waals surface area contributed by atoms with Crippen molar-refractivity contribution in [1.82, 2.24) is 0 Å². The first-order valence-electron chi connectivity index (χ1n) is 5.41. The third-order valence-electron chi connectivity index (χ3n) is 2.74.